The van der Waals surface area contributed by atoms with Gasteiger partial charge in [0, 0.05) is 10.0 Å². The molecule has 0 aliphatic carbocycles. The van der Waals surface area contributed by atoms with Crippen LogP contribution in [0.5, 0.6) is 0 Å². The number of ether oxygens (including phenoxy) is 1. The summed E-state index contributed by atoms with van der Waals surface area (Å²) in [5.41, 5.74) is 8.45. The van der Waals surface area contributed by atoms with E-state index in [-0.39, 0.29) is 12.6 Å². The monoisotopic (exact) mass is 436 g/mol. The molecule has 0 spiro atoms. The number of hydrogen-bond acceptors (Lipinski definition) is 4. The molecule has 3 rings (SSSR count). The molecule has 0 fully saturated rings. The standard InChI is InChI=1S/C23H21BrN2O2/c1-16-11-17(2)21(22(24)12-16)14-25-26-20-10-6-9-19(13-20)23(27)28-15-18-7-4-3-5-8-18/h3-14,26H,15H2,1-2H3/b25-14+. The Morgan fingerprint density at radius 3 is 2.61 bits per heavy atom. The van der Waals surface area contributed by atoms with Gasteiger partial charge in [0.2, 0.25) is 0 Å². The number of benzene rings is 3. The summed E-state index contributed by atoms with van der Waals surface area (Å²) in [4.78, 5) is 12.3. The van der Waals surface area contributed by atoms with E-state index in [1.54, 1.807) is 24.4 Å². The van der Waals surface area contributed by atoms with Crippen molar-refractivity contribution in [3.63, 3.8) is 0 Å². The number of esters is 1. The van der Waals surface area contributed by atoms with Crippen molar-refractivity contribution in [1.82, 2.24) is 0 Å². The van der Waals surface area contributed by atoms with E-state index in [4.69, 9.17) is 4.74 Å². The maximum atomic E-state index is 12.3. The van der Waals surface area contributed by atoms with Gasteiger partial charge in [0.05, 0.1) is 17.5 Å². The number of aryl methyl sites for hydroxylation is 2. The Balaban J connectivity index is 1.64. The van der Waals surface area contributed by atoms with Gasteiger partial charge in [-0.2, -0.15) is 5.10 Å². The fourth-order valence-corrected chi connectivity index (χ4v) is 3.56. The minimum atomic E-state index is -0.367. The Morgan fingerprint density at radius 2 is 1.86 bits per heavy atom. The second kappa shape index (κ2) is 9.33. The van der Waals surface area contributed by atoms with Crippen molar-refractivity contribution in [3.8, 4) is 0 Å². The van der Waals surface area contributed by atoms with E-state index in [0.29, 0.717) is 11.3 Å². The van der Waals surface area contributed by atoms with Gasteiger partial charge >= 0.3 is 5.97 Å². The van der Waals surface area contributed by atoms with Gasteiger partial charge in [0.15, 0.2) is 0 Å². The van der Waals surface area contributed by atoms with Gasteiger partial charge < -0.3 is 4.74 Å². The van der Waals surface area contributed by atoms with Crippen LogP contribution in [0.25, 0.3) is 0 Å². The Hall–Kier alpha value is -2.92. The first-order valence-corrected chi connectivity index (χ1v) is 9.69. The molecule has 0 amide bonds. The Bertz CT molecular complexity index is 977. The zero-order valence-corrected chi connectivity index (χ0v) is 17.4. The zero-order valence-electron chi connectivity index (χ0n) is 15.8. The molecule has 0 radical (unpaired) electrons. The van der Waals surface area contributed by atoms with Gasteiger partial charge in [-0.15, -0.1) is 0 Å². The third-order valence-electron chi connectivity index (χ3n) is 4.18. The normalized spacial score (nSPS) is 10.8. The largest absolute Gasteiger partial charge is 0.457 e. The smallest absolute Gasteiger partial charge is 0.338 e. The summed E-state index contributed by atoms with van der Waals surface area (Å²) < 4.78 is 6.37. The fourth-order valence-electron chi connectivity index (χ4n) is 2.78. The second-order valence-electron chi connectivity index (χ2n) is 6.49. The van der Waals surface area contributed by atoms with E-state index in [1.165, 1.54) is 5.56 Å². The van der Waals surface area contributed by atoms with E-state index in [1.807, 2.05) is 43.3 Å². The highest BCUT2D eigenvalue weighted by molar-refractivity contribution is 9.10. The molecule has 0 saturated carbocycles. The van der Waals surface area contributed by atoms with Gasteiger partial charge in [0.25, 0.3) is 0 Å². The molecule has 5 heteroatoms. The number of carbonyl (C=O) groups is 1. The topological polar surface area (TPSA) is 50.7 Å². The van der Waals surface area contributed by atoms with Crippen LogP contribution in [-0.2, 0) is 11.3 Å². The van der Waals surface area contributed by atoms with Gasteiger partial charge in [-0.1, -0.05) is 58.4 Å². The number of hydrazone groups is 1. The first kappa shape index (κ1) is 19.8. The molecule has 3 aromatic rings. The third kappa shape index (κ3) is 5.30. The number of hydrogen-bond donors (Lipinski definition) is 1. The first-order valence-electron chi connectivity index (χ1n) is 8.90. The lowest BCUT2D eigenvalue weighted by Crippen LogP contribution is -2.05. The van der Waals surface area contributed by atoms with Gasteiger partial charge in [-0.05, 0) is 54.8 Å². The molecule has 142 valence electrons. The van der Waals surface area contributed by atoms with Gasteiger partial charge in [-0.3, -0.25) is 5.43 Å². The van der Waals surface area contributed by atoms with Crippen LogP contribution in [0.3, 0.4) is 0 Å². The number of nitrogens with one attached hydrogen (secondary N) is 1. The second-order valence-corrected chi connectivity index (χ2v) is 7.34. The molecule has 0 heterocycles. The Morgan fingerprint density at radius 1 is 1.07 bits per heavy atom. The van der Waals surface area contributed by atoms with Gasteiger partial charge in [0.1, 0.15) is 6.61 Å². The molecular formula is C23H21BrN2O2. The van der Waals surface area contributed by atoms with Gasteiger partial charge in [-0.25, -0.2) is 4.79 Å². The lowest BCUT2D eigenvalue weighted by atomic mass is 10.1. The molecule has 0 aromatic heterocycles. The van der Waals surface area contributed by atoms with Crippen LogP contribution in [0.4, 0.5) is 5.69 Å². The van der Waals surface area contributed by atoms with Crippen LogP contribution in [0.2, 0.25) is 0 Å². The average Bonchev–Trinajstić information content (AvgIpc) is 2.69. The van der Waals surface area contributed by atoms with Crippen molar-refractivity contribution in [2.24, 2.45) is 5.10 Å². The predicted molar refractivity (Wildman–Crippen MR) is 117 cm³/mol. The Kier molecular flexibility index (Phi) is 6.61. The van der Waals surface area contributed by atoms with Crippen molar-refractivity contribution in [2.45, 2.75) is 20.5 Å². The first-order chi connectivity index (χ1) is 13.5. The molecule has 28 heavy (non-hydrogen) atoms. The minimum absolute atomic E-state index is 0.246. The lowest BCUT2D eigenvalue weighted by molar-refractivity contribution is 0.0473. The molecule has 1 N–H and O–H groups in total. The molecular weight excluding hydrogens is 416 g/mol. The number of halogens is 1. The summed E-state index contributed by atoms with van der Waals surface area (Å²) in [5, 5.41) is 4.30. The molecule has 0 aliphatic rings. The van der Waals surface area contributed by atoms with Crippen LogP contribution in [0, 0.1) is 13.8 Å². The maximum absolute atomic E-state index is 12.3. The molecule has 0 bridgehead atoms. The maximum Gasteiger partial charge on any atom is 0.338 e. The number of carbonyl (C=O) groups excluding carboxylic acids is 1. The van der Waals surface area contributed by atoms with E-state index in [2.05, 4.69) is 45.5 Å². The summed E-state index contributed by atoms with van der Waals surface area (Å²) >= 11 is 3.57. The molecule has 0 aliphatic heterocycles. The highest BCUT2D eigenvalue weighted by Crippen LogP contribution is 2.21. The summed E-state index contributed by atoms with van der Waals surface area (Å²) in [7, 11) is 0. The van der Waals surface area contributed by atoms with E-state index in [0.717, 1.165) is 21.2 Å². The van der Waals surface area contributed by atoms with Crippen molar-refractivity contribution < 1.29 is 9.53 Å². The number of anilines is 1. The number of nitrogens with zero attached hydrogens (tertiary/aromatic N) is 1. The summed E-state index contributed by atoms with van der Waals surface area (Å²) in [6, 6.07) is 20.9. The third-order valence-corrected chi connectivity index (χ3v) is 4.84. The van der Waals surface area contributed by atoms with Crippen LogP contribution in [-0.4, -0.2) is 12.2 Å². The fraction of sp³-hybridized carbons (Fsp3) is 0.130. The van der Waals surface area contributed by atoms with Crippen LogP contribution in [0.1, 0.15) is 32.6 Å². The van der Waals surface area contributed by atoms with Crippen molar-refractivity contribution >= 4 is 33.8 Å². The number of rotatable bonds is 6. The highest BCUT2D eigenvalue weighted by atomic mass is 79.9. The SMILES string of the molecule is Cc1cc(C)c(/C=N/Nc2cccc(C(=O)OCc3ccccc3)c2)c(Br)c1. The summed E-state index contributed by atoms with van der Waals surface area (Å²) in [6.07, 6.45) is 1.76. The van der Waals surface area contributed by atoms with E-state index < -0.39 is 0 Å². The molecule has 0 unspecified atom stereocenters. The van der Waals surface area contributed by atoms with Crippen molar-refractivity contribution in [3.05, 3.63) is 99.0 Å². The molecule has 3 aromatic carbocycles. The predicted octanol–water partition coefficient (Wildman–Crippen LogP) is 5.87. The van der Waals surface area contributed by atoms with Crippen LogP contribution in [0.15, 0.2) is 76.3 Å². The zero-order chi connectivity index (χ0) is 19.9. The van der Waals surface area contributed by atoms with E-state index in [9.17, 15) is 4.79 Å². The average molecular weight is 437 g/mol. The van der Waals surface area contributed by atoms with E-state index >= 15 is 0 Å². The Labute approximate surface area is 173 Å². The summed E-state index contributed by atoms with van der Waals surface area (Å²) in [5.74, 6) is -0.367. The van der Waals surface area contributed by atoms with Crippen molar-refractivity contribution in [1.29, 1.82) is 0 Å². The summed E-state index contributed by atoms with van der Waals surface area (Å²) in [6.45, 7) is 4.35. The minimum Gasteiger partial charge on any atom is -0.457 e. The highest BCUT2D eigenvalue weighted by Gasteiger charge is 2.08. The van der Waals surface area contributed by atoms with Crippen molar-refractivity contribution in [2.75, 3.05) is 5.43 Å². The molecule has 0 atom stereocenters. The molecule has 0 saturated heterocycles. The van der Waals surface area contributed by atoms with Crippen LogP contribution >= 0.6 is 15.9 Å². The lowest BCUT2D eigenvalue weighted by Gasteiger charge is -2.07. The molecule has 4 nitrogen and oxygen atoms in total. The van der Waals surface area contributed by atoms with Crippen LogP contribution < -0.4 is 5.43 Å². The quantitative estimate of drug-likeness (QED) is 0.298.